The normalized spacial score (nSPS) is 22.2. The van der Waals surface area contributed by atoms with Crippen molar-refractivity contribution in [3.05, 3.63) is 35.6 Å². The molecule has 2 N–H and O–H groups in total. The fourth-order valence-corrected chi connectivity index (χ4v) is 1.94. The van der Waals surface area contributed by atoms with Gasteiger partial charge < -0.3 is 10.5 Å². The third-order valence-electron chi connectivity index (χ3n) is 2.92. The van der Waals surface area contributed by atoms with Crippen molar-refractivity contribution >= 4 is 0 Å². The number of ether oxygens (including phenoxy) is 1. The maximum absolute atomic E-state index is 12.8. The lowest BCUT2D eigenvalue weighted by molar-refractivity contribution is -0.00793. The zero-order valence-corrected chi connectivity index (χ0v) is 9.23. The van der Waals surface area contributed by atoms with Gasteiger partial charge >= 0.3 is 0 Å². The molecule has 1 saturated heterocycles. The molecule has 1 aromatic rings. The third kappa shape index (κ3) is 2.78. The average Bonchev–Trinajstić information content (AvgIpc) is 2.33. The molecule has 3 nitrogen and oxygen atoms in total. The molecule has 0 aromatic heterocycles. The van der Waals surface area contributed by atoms with Crippen molar-refractivity contribution in [3.8, 4) is 0 Å². The second kappa shape index (κ2) is 5.39. The first-order valence-electron chi connectivity index (χ1n) is 5.56. The number of halogens is 1. The van der Waals surface area contributed by atoms with Gasteiger partial charge in [-0.15, -0.1) is 0 Å². The summed E-state index contributed by atoms with van der Waals surface area (Å²) in [5.41, 5.74) is 6.80. The van der Waals surface area contributed by atoms with E-state index in [9.17, 15) is 4.39 Å². The molecular weight excluding hydrogens is 207 g/mol. The van der Waals surface area contributed by atoms with Crippen molar-refractivity contribution in [2.24, 2.45) is 5.73 Å². The van der Waals surface area contributed by atoms with Crippen molar-refractivity contribution in [2.45, 2.75) is 12.6 Å². The maximum atomic E-state index is 12.8. The molecule has 0 bridgehead atoms. The molecule has 1 atom stereocenters. The summed E-state index contributed by atoms with van der Waals surface area (Å²) >= 11 is 0. The number of benzene rings is 1. The minimum Gasteiger partial charge on any atom is -0.378 e. The lowest BCUT2D eigenvalue weighted by atomic mass is 10.1. The summed E-state index contributed by atoms with van der Waals surface area (Å²) in [7, 11) is 0. The van der Waals surface area contributed by atoms with Gasteiger partial charge in [0.15, 0.2) is 0 Å². The number of nitrogens with zero attached hydrogens (tertiary/aromatic N) is 1. The van der Waals surface area contributed by atoms with Crippen LogP contribution in [0.25, 0.3) is 0 Å². The minimum atomic E-state index is -0.193. The fraction of sp³-hybridized carbons (Fsp3) is 0.500. The fourth-order valence-electron chi connectivity index (χ4n) is 1.94. The van der Waals surface area contributed by atoms with Crippen LogP contribution < -0.4 is 5.73 Å². The highest BCUT2D eigenvalue weighted by atomic mass is 19.1. The second-order valence-corrected chi connectivity index (χ2v) is 4.06. The molecule has 0 spiro atoms. The molecule has 0 unspecified atom stereocenters. The standard InChI is InChI=1S/C12H17FN2O/c13-11-3-1-10(2-4-11)8-15-5-6-16-9-12(15)7-14/h1-4,12H,5-9,14H2/t12-/m0/s1. The SMILES string of the molecule is NC[C@H]1COCCN1Cc1ccc(F)cc1. The van der Waals surface area contributed by atoms with E-state index in [0.29, 0.717) is 13.2 Å². The summed E-state index contributed by atoms with van der Waals surface area (Å²) < 4.78 is 18.1. The van der Waals surface area contributed by atoms with Gasteiger partial charge in [0, 0.05) is 25.7 Å². The largest absolute Gasteiger partial charge is 0.378 e. The maximum Gasteiger partial charge on any atom is 0.123 e. The first-order valence-corrected chi connectivity index (χ1v) is 5.56. The van der Waals surface area contributed by atoms with Crippen LogP contribution in [0.2, 0.25) is 0 Å². The van der Waals surface area contributed by atoms with E-state index in [4.69, 9.17) is 10.5 Å². The van der Waals surface area contributed by atoms with Crippen molar-refractivity contribution in [3.63, 3.8) is 0 Å². The van der Waals surface area contributed by atoms with Gasteiger partial charge in [-0.2, -0.15) is 0 Å². The minimum absolute atomic E-state index is 0.193. The Hall–Kier alpha value is -0.970. The topological polar surface area (TPSA) is 38.5 Å². The van der Waals surface area contributed by atoms with Crippen LogP contribution in [0.1, 0.15) is 5.56 Å². The molecule has 0 saturated carbocycles. The van der Waals surface area contributed by atoms with E-state index >= 15 is 0 Å². The Bertz CT molecular complexity index is 328. The van der Waals surface area contributed by atoms with Crippen molar-refractivity contribution in [1.29, 1.82) is 0 Å². The molecule has 1 fully saturated rings. The van der Waals surface area contributed by atoms with Crippen LogP contribution in [-0.4, -0.2) is 37.2 Å². The lowest BCUT2D eigenvalue weighted by Gasteiger charge is -2.34. The highest BCUT2D eigenvalue weighted by Gasteiger charge is 2.21. The molecule has 0 aliphatic carbocycles. The van der Waals surface area contributed by atoms with Gasteiger partial charge in [-0.05, 0) is 17.7 Å². The van der Waals surface area contributed by atoms with Crippen LogP contribution >= 0.6 is 0 Å². The van der Waals surface area contributed by atoms with Gasteiger partial charge in [0.2, 0.25) is 0 Å². The van der Waals surface area contributed by atoms with Crippen molar-refractivity contribution in [2.75, 3.05) is 26.3 Å². The Morgan fingerprint density at radius 1 is 1.38 bits per heavy atom. The van der Waals surface area contributed by atoms with Crippen molar-refractivity contribution in [1.82, 2.24) is 4.90 Å². The average molecular weight is 224 g/mol. The number of rotatable bonds is 3. The van der Waals surface area contributed by atoms with Crippen LogP contribution in [-0.2, 0) is 11.3 Å². The van der Waals surface area contributed by atoms with Crippen LogP contribution in [0.4, 0.5) is 4.39 Å². The number of hydrogen-bond acceptors (Lipinski definition) is 3. The quantitative estimate of drug-likeness (QED) is 0.832. The van der Waals surface area contributed by atoms with E-state index in [0.717, 1.165) is 25.3 Å². The highest BCUT2D eigenvalue weighted by Crippen LogP contribution is 2.12. The predicted octanol–water partition coefficient (Wildman–Crippen LogP) is 0.985. The highest BCUT2D eigenvalue weighted by molar-refractivity contribution is 5.16. The first kappa shape index (κ1) is 11.5. The Morgan fingerprint density at radius 3 is 2.81 bits per heavy atom. The summed E-state index contributed by atoms with van der Waals surface area (Å²) in [6.07, 6.45) is 0. The summed E-state index contributed by atoms with van der Waals surface area (Å²) in [6.45, 7) is 3.74. The van der Waals surface area contributed by atoms with Crippen LogP contribution in [0.5, 0.6) is 0 Å². The van der Waals surface area contributed by atoms with Gasteiger partial charge in [0.1, 0.15) is 5.82 Å². The zero-order valence-electron chi connectivity index (χ0n) is 9.23. The number of nitrogens with two attached hydrogens (primary N) is 1. The van der Waals surface area contributed by atoms with E-state index in [1.165, 1.54) is 12.1 Å². The van der Waals surface area contributed by atoms with Gasteiger partial charge in [0.05, 0.1) is 13.2 Å². The predicted molar refractivity (Wildman–Crippen MR) is 60.5 cm³/mol. The Labute approximate surface area is 95.0 Å². The van der Waals surface area contributed by atoms with E-state index < -0.39 is 0 Å². The van der Waals surface area contributed by atoms with Crippen LogP contribution in [0.15, 0.2) is 24.3 Å². The summed E-state index contributed by atoms with van der Waals surface area (Å²) in [5, 5.41) is 0. The smallest absolute Gasteiger partial charge is 0.123 e. The Kier molecular flexibility index (Phi) is 3.88. The van der Waals surface area contributed by atoms with Gasteiger partial charge in [-0.25, -0.2) is 4.39 Å². The van der Waals surface area contributed by atoms with E-state index in [1.54, 1.807) is 0 Å². The number of hydrogen-bond donors (Lipinski definition) is 1. The second-order valence-electron chi connectivity index (χ2n) is 4.06. The summed E-state index contributed by atoms with van der Waals surface area (Å²) in [4.78, 5) is 2.29. The van der Waals surface area contributed by atoms with Gasteiger partial charge in [0.25, 0.3) is 0 Å². The first-order chi connectivity index (χ1) is 7.79. The molecule has 0 amide bonds. The molecule has 16 heavy (non-hydrogen) atoms. The molecule has 2 rings (SSSR count). The molecule has 1 aromatic carbocycles. The lowest BCUT2D eigenvalue weighted by Crippen LogP contribution is -2.48. The van der Waals surface area contributed by atoms with Crippen LogP contribution in [0, 0.1) is 5.82 Å². The Morgan fingerprint density at radius 2 is 2.12 bits per heavy atom. The molecule has 1 heterocycles. The van der Waals surface area contributed by atoms with E-state index in [-0.39, 0.29) is 11.9 Å². The molecule has 88 valence electrons. The molecule has 4 heteroatoms. The number of morpholine rings is 1. The Balaban J connectivity index is 1.99. The van der Waals surface area contributed by atoms with Gasteiger partial charge in [-0.1, -0.05) is 12.1 Å². The zero-order chi connectivity index (χ0) is 11.4. The van der Waals surface area contributed by atoms with E-state index in [1.807, 2.05) is 12.1 Å². The van der Waals surface area contributed by atoms with Crippen LogP contribution in [0.3, 0.4) is 0 Å². The van der Waals surface area contributed by atoms with Gasteiger partial charge in [-0.3, -0.25) is 4.90 Å². The monoisotopic (exact) mass is 224 g/mol. The van der Waals surface area contributed by atoms with Crippen molar-refractivity contribution < 1.29 is 9.13 Å². The molecular formula is C12H17FN2O. The van der Waals surface area contributed by atoms with E-state index in [2.05, 4.69) is 4.90 Å². The third-order valence-corrected chi connectivity index (χ3v) is 2.92. The summed E-state index contributed by atoms with van der Waals surface area (Å²) in [5.74, 6) is -0.193. The molecule has 0 radical (unpaired) electrons. The summed E-state index contributed by atoms with van der Waals surface area (Å²) in [6, 6.07) is 6.90. The molecule has 1 aliphatic rings. The molecule has 1 aliphatic heterocycles.